The molecule has 0 spiro atoms. The van der Waals surface area contributed by atoms with Gasteiger partial charge in [0.15, 0.2) is 0 Å². The highest BCUT2D eigenvalue weighted by Gasteiger charge is 2.18. The highest BCUT2D eigenvalue weighted by molar-refractivity contribution is 6.35. The first-order chi connectivity index (χ1) is 11.6. The highest BCUT2D eigenvalue weighted by atomic mass is 35.5. The Morgan fingerprint density at radius 2 is 2.29 bits per heavy atom. The summed E-state index contributed by atoms with van der Waals surface area (Å²) < 4.78 is 10.7. The van der Waals surface area contributed by atoms with Gasteiger partial charge < -0.3 is 14.8 Å². The molecular formula is C16H20ClN3O4. The molecule has 1 fully saturated rings. The Labute approximate surface area is 145 Å². The number of carbonyl (C=O) groups excluding carboxylic acids is 2. The molecule has 0 aliphatic carbocycles. The summed E-state index contributed by atoms with van der Waals surface area (Å²) in [5, 5.41) is 6.70. The van der Waals surface area contributed by atoms with Crippen LogP contribution < -0.4 is 15.5 Å². The van der Waals surface area contributed by atoms with Gasteiger partial charge in [-0.05, 0) is 43.5 Å². The molecule has 7 nitrogen and oxygen atoms in total. The Morgan fingerprint density at radius 1 is 1.46 bits per heavy atom. The molecule has 1 aliphatic rings. The maximum absolute atomic E-state index is 11.6. The number of carbonyl (C=O) groups is 2. The van der Waals surface area contributed by atoms with Gasteiger partial charge >= 0.3 is 11.8 Å². The smallest absolute Gasteiger partial charge is 0.329 e. The topological polar surface area (TPSA) is 89.0 Å². The van der Waals surface area contributed by atoms with Gasteiger partial charge in [-0.25, -0.2) is 5.43 Å². The summed E-state index contributed by atoms with van der Waals surface area (Å²) >= 11 is 6.05. The number of benzene rings is 1. The third-order valence-electron chi connectivity index (χ3n) is 3.36. The number of hydrazone groups is 1. The van der Waals surface area contributed by atoms with Crippen LogP contribution in [0, 0.1) is 0 Å². The number of amides is 2. The lowest BCUT2D eigenvalue weighted by Crippen LogP contribution is -2.41. The van der Waals surface area contributed by atoms with Crippen molar-refractivity contribution in [2.75, 3.05) is 19.8 Å². The SMILES string of the molecule is CCOc1ccc(/C=N\NC(=O)C(=O)NC[C@@H]2CCCO2)cc1Cl. The van der Waals surface area contributed by atoms with Crippen molar-refractivity contribution in [3.05, 3.63) is 28.8 Å². The molecule has 2 amide bonds. The van der Waals surface area contributed by atoms with E-state index in [0.717, 1.165) is 12.8 Å². The van der Waals surface area contributed by atoms with Crippen molar-refractivity contribution < 1.29 is 19.1 Å². The van der Waals surface area contributed by atoms with E-state index in [1.54, 1.807) is 18.2 Å². The lowest BCUT2D eigenvalue weighted by Gasteiger charge is -2.09. The molecule has 1 saturated heterocycles. The minimum Gasteiger partial charge on any atom is -0.492 e. The van der Waals surface area contributed by atoms with Gasteiger partial charge in [0.2, 0.25) is 0 Å². The Balaban J connectivity index is 1.78. The predicted molar refractivity (Wildman–Crippen MR) is 90.3 cm³/mol. The number of hydrogen-bond acceptors (Lipinski definition) is 5. The zero-order valence-corrected chi connectivity index (χ0v) is 14.1. The van der Waals surface area contributed by atoms with E-state index in [1.807, 2.05) is 6.92 Å². The van der Waals surface area contributed by atoms with Crippen molar-refractivity contribution >= 4 is 29.6 Å². The Kier molecular flexibility index (Phi) is 7.02. The number of nitrogens with zero attached hydrogens (tertiary/aromatic N) is 1. The second kappa shape index (κ2) is 9.24. The molecule has 1 aliphatic heterocycles. The highest BCUT2D eigenvalue weighted by Crippen LogP contribution is 2.24. The third-order valence-corrected chi connectivity index (χ3v) is 3.65. The summed E-state index contributed by atoms with van der Waals surface area (Å²) in [5.41, 5.74) is 2.84. The van der Waals surface area contributed by atoms with Gasteiger partial charge in [-0.2, -0.15) is 5.10 Å². The average molecular weight is 354 g/mol. The molecule has 8 heteroatoms. The number of nitrogens with one attached hydrogen (secondary N) is 2. The Bertz CT molecular complexity index is 615. The van der Waals surface area contributed by atoms with Crippen LogP contribution in [0.4, 0.5) is 0 Å². The van der Waals surface area contributed by atoms with Gasteiger partial charge in [-0.1, -0.05) is 11.6 Å². The summed E-state index contributed by atoms with van der Waals surface area (Å²) in [6.45, 7) is 3.40. The van der Waals surface area contributed by atoms with Crippen LogP contribution in [-0.4, -0.2) is 43.9 Å². The van der Waals surface area contributed by atoms with E-state index < -0.39 is 11.8 Å². The van der Waals surface area contributed by atoms with E-state index in [2.05, 4.69) is 15.8 Å². The fourth-order valence-electron chi connectivity index (χ4n) is 2.18. The molecule has 2 N–H and O–H groups in total. The molecule has 0 aromatic heterocycles. The van der Waals surface area contributed by atoms with E-state index in [1.165, 1.54) is 6.21 Å². The van der Waals surface area contributed by atoms with Gasteiger partial charge in [-0.15, -0.1) is 0 Å². The molecule has 0 radical (unpaired) electrons. The van der Waals surface area contributed by atoms with Crippen LogP contribution >= 0.6 is 11.6 Å². The second-order valence-electron chi connectivity index (χ2n) is 5.17. The van der Waals surface area contributed by atoms with Crippen molar-refractivity contribution in [1.29, 1.82) is 0 Å². The van der Waals surface area contributed by atoms with Crippen LogP contribution in [0.15, 0.2) is 23.3 Å². The van der Waals surface area contributed by atoms with Gasteiger partial charge in [0.1, 0.15) is 5.75 Å². The van der Waals surface area contributed by atoms with Crippen LogP contribution in [0.25, 0.3) is 0 Å². The fraction of sp³-hybridized carbons (Fsp3) is 0.438. The zero-order chi connectivity index (χ0) is 17.4. The lowest BCUT2D eigenvalue weighted by molar-refractivity contribution is -0.139. The van der Waals surface area contributed by atoms with E-state index in [-0.39, 0.29) is 6.10 Å². The molecule has 0 unspecified atom stereocenters. The minimum absolute atomic E-state index is 0.0174. The van der Waals surface area contributed by atoms with Crippen LogP contribution in [-0.2, 0) is 14.3 Å². The normalized spacial score (nSPS) is 17.0. The number of ether oxygens (including phenoxy) is 2. The minimum atomic E-state index is -0.832. The van der Waals surface area contributed by atoms with Crippen LogP contribution in [0.1, 0.15) is 25.3 Å². The molecule has 1 heterocycles. The first-order valence-electron chi connectivity index (χ1n) is 7.75. The quantitative estimate of drug-likeness (QED) is 0.460. The first kappa shape index (κ1) is 18.2. The first-order valence-corrected chi connectivity index (χ1v) is 8.13. The molecule has 1 aromatic carbocycles. The molecule has 1 atom stereocenters. The van der Waals surface area contributed by atoms with Gasteiger partial charge in [0.05, 0.1) is 23.9 Å². The van der Waals surface area contributed by atoms with Gasteiger partial charge in [0, 0.05) is 13.2 Å². The predicted octanol–water partition coefficient (Wildman–Crippen LogP) is 1.48. The van der Waals surface area contributed by atoms with Crippen molar-refractivity contribution in [2.24, 2.45) is 5.10 Å². The summed E-state index contributed by atoms with van der Waals surface area (Å²) in [6.07, 6.45) is 3.24. The number of rotatable bonds is 6. The molecule has 1 aromatic rings. The monoisotopic (exact) mass is 353 g/mol. The van der Waals surface area contributed by atoms with Gasteiger partial charge in [0.25, 0.3) is 0 Å². The summed E-state index contributed by atoms with van der Waals surface area (Å²) in [6, 6.07) is 5.10. The molecule has 0 bridgehead atoms. The number of halogens is 1. The Morgan fingerprint density at radius 3 is 2.96 bits per heavy atom. The maximum atomic E-state index is 11.6. The molecule has 24 heavy (non-hydrogen) atoms. The third kappa shape index (κ3) is 5.50. The van der Waals surface area contributed by atoms with Crippen LogP contribution in [0.5, 0.6) is 5.75 Å². The zero-order valence-electron chi connectivity index (χ0n) is 13.4. The molecule has 2 rings (SSSR count). The summed E-state index contributed by atoms with van der Waals surface area (Å²) in [7, 11) is 0. The number of hydrogen-bond donors (Lipinski definition) is 2. The molecule has 130 valence electrons. The van der Waals surface area contributed by atoms with E-state index in [9.17, 15) is 9.59 Å². The van der Waals surface area contributed by atoms with Crippen molar-refractivity contribution in [1.82, 2.24) is 10.7 Å². The van der Waals surface area contributed by atoms with Crippen molar-refractivity contribution in [3.63, 3.8) is 0 Å². The van der Waals surface area contributed by atoms with Crippen molar-refractivity contribution in [3.8, 4) is 5.75 Å². The van der Waals surface area contributed by atoms with E-state index in [0.29, 0.717) is 36.1 Å². The standard InChI is InChI=1S/C16H20ClN3O4/c1-2-23-14-6-5-11(8-13(14)17)9-19-20-16(22)15(21)18-10-12-4-3-7-24-12/h5-6,8-9,12H,2-4,7,10H2,1H3,(H,18,21)(H,20,22)/b19-9-/t12-/m0/s1. The molecule has 0 saturated carbocycles. The fourth-order valence-corrected chi connectivity index (χ4v) is 2.42. The second-order valence-corrected chi connectivity index (χ2v) is 5.57. The summed E-state index contributed by atoms with van der Waals surface area (Å²) in [4.78, 5) is 23.2. The van der Waals surface area contributed by atoms with Crippen LogP contribution in [0.2, 0.25) is 5.02 Å². The van der Waals surface area contributed by atoms with Gasteiger partial charge in [-0.3, -0.25) is 9.59 Å². The van der Waals surface area contributed by atoms with E-state index in [4.69, 9.17) is 21.1 Å². The largest absolute Gasteiger partial charge is 0.492 e. The average Bonchev–Trinajstić information content (AvgIpc) is 3.08. The maximum Gasteiger partial charge on any atom is 0.329 e. The summed E-state index contributed by atoms with van der Waals surface area (Å²) in [5.74, 6) is -0.998. The molecular weight excluding hydrogens is 334 g/mol. The van der Waals surface area contributed by atoms with E-state index >= 15 is 0 Å². The Hall–Kier alpha value is -2.12. The van der Waals surface area contributed by atoms with Crippen molar-refractivity contribution in [2.45, 2.75) is 25.9 Å². The lowest BCUT2D eigenvalue weighted by atomic mass is 10.2. The van der Waals surface area contributed by atoms with Crippen LogP contribution in [0.3, 0.4) is 0 Å².